The number of hydrogen-bond acceptors (Lipinski definition) is 2. The van der Waals surface area contributed by atoms with E-state index in [9.17, 15) is 4.79 Å². The molecule has 0 heterocycles. The summed E-state index contributed by atoms with van der Waals surface area (Å²) in [5, 5.41) is 8.76. The van der Waals surface area contributed by atoms with E-state index < -0.39 is 5.97 Å². The summed E-state index contributed by atoms with van der Waals surface area (Å²) < 4.78 is 0. The lowest BCUT2D eigenvalue weighted by atomic mass is 9.97. The predicted octanol–water partition coefficient (Wildman–Crippen LogP) is 5.52. The van der Waals surface area contributed by atoms with E-state index in [2.05, 4.69) is 6.92 Å². The van der Waals surface area contributed by atoms with Crippen molar-refractivity contribution >= 4 is 5.97 Å². The highest BCUT2D eigenvalue weighted by molar-refractivity contribution is 5.67. The number of unbranched alkanes of at least 4 members (excludes halogenated alkanes) is 12. The van der Waals surface area contributed by atoms with Crippen molar-refractivity contribution in [2.24, 2.45) is 11.7 Å². The Hall–Kier alpha value is -0.570. The van der Waals surface area contributed by atoms with Crippen LogP contribution in [-0.4, -0.2) is 17.6 Å². The van der Waals surface area contributed by atoms with Crippen molar-refractivity contribution in [3.63, 3.8) is 0 Å². The number of aliphatic carboxylic acids is 1. The first-order chi connectivity index (χ1) is 10.7. The van der Waals surface area contributed by atoms with Crippen LogP contribution < -0.4 is 5.73 Å². The molecule has 0 saturated heterocycles. The summed E-state index contributed by atoms with van der Waals surface area (Å²) in [6.45, 7) is 2.77. The lowest BCUT2D eigenvalue weighted by Gasteiger charge is -2.11. The maximum atomic E-state index is 10.6. The molecule has 22 heavy (non-hydrogen) atoms. The molecule has 3 nitrogen and oxygen atoms in total. The summed E-state index contributed by atoms with van der Waals surface area (Å²) in [5.41, 5.74) is 5.60. The monoisotopic (exact) mass is 313 g/mol. The third kappa shape index (κ3) is 15.8. The SMILES string of the molecule is CCCCCCCCCCCCCCCC(CN)CC(=O)O. The van der Waals surface area contributed by atoms with Crippen LogP contribution in [0.3, 0.4) is 0 Å². The highest BCUT2D eigenvalue weighted by atomic mass is 16.4. The van der Waals surface area contributed by atoms with Crippen LogP contribution >= 0.6 is 0 Å². The highest BCUT2D eigenvalue weighted by Gasteiger charge is 2.10. The summed E-state index contributed by atoms with van der Waals surface area (Å²) in [7, 11) is 0. The van der Waals surface area contributed by atoms with Crippen LogP contribution in [0.2, 0.25) is 0 Å². The van der Waals surface area contributed by atoms with Crippen LogP contribution in [0.1, 0.15) is 103 Å². The predicted molar refractivity (Wildman–Crippen MR) is 95.1 cm³/mol. The largest absolute Gasteiger partial charge is 0.481 e. The Labute approximate surface area is 138 Å². The molecule has 3 heteroatoms. The van der Waals surface area contributed by atoms with Crippen molar-refractivity contribution in [3.05, 3.63) is 0 Å². The molecule has 0 radical (unpaired) electrons. The summed E-state index contributed by atoms with van der Waals surface area (Å²) in [6.07, 6.45) is 18.8. The number of carboxylic acids is 1. The van der Waals surface area contributed by atoms with Crippen LogP contribution in [-0.2, 0) is 4.79 Å². The number of rotatable bonds is 17. The van der Waals surface area contributed by atoms with Gasteiger partial charge in [0.1, 0.15) is 0 Å². The van der Waals surface area contributed by atoms with Crippen LogP contribution in [0.5, 0.6) is 0 Å². The lowest BCUT2D eigenvalue weighted by Crippen LogP contribution is -2.17. The fourth-order valence-electron chi connectivity index (χ4n) is 3.00. The molecule has 0 aliphatic carbocycles. The molecule has 0 spiro atoms. The molecule has 0 aliphatic rings. The number of carboxylic acid groups (broad SMARTS) is 1. The molecule has 0 aromatic rings. The lowest BCUT2D eigenvalue weighted by molar-refractivity contribution is -0.138. The van der Waals surface area contributed by atoms with Crippen molar-refractivity contribution < 1.29 is 9.90 Å². The van der Waals surface area contributed by atoms with Gasteiger partial charge in [-0.05, 0) is 18.9 Å². The number of hydrogen-bond donors (Lipinski definition) is 2. The third-order valence-corrected chi connectivity index (χ3v) is 4.51. The fourth-order valence-corrected chi connectivity index (χ4v) is 3.00. The first-order valence-electron chi connectivity index (χ1n) is 9.62. The van der Waals surface area contributed by atoms with Gasteiger partial charge in [0, 0.05) is 6.42 Å². The average molecular weight is 314 g/mol. The fraction of sp³-hybridized carbons (Fsp3) is 0.947. The Kier molecular flexibility index (Phi) is 16.4. The Morgan fingerprint density at radius 3 is 1.59 bits per heavy atom. The maximum Gasteiger partial charge on any atom is 0.303 e. The zero-order valence-electron chi connectivity index (χ0n) is 14.8. The van der Waals surface area contributed by atoms with E-state index in [1.807, 2.05) is 0 Å². The molecule has 3 N–H and O–H groups in total. The quantitative estimate of drug-likeness (QED) is 0.348. The van der Waals surface area contributed by atoms with Crippen molar-refractivity contribution in [3.8, 4) is 0 Å². The zero-order chi connectivity index (χ0) is 16.5. The van der Waals surface area contributed by atoms with Gasteiger partial charge in [0.05, 0.1) is 0 Å². The van der Waals surface area contributed by atoms with E-state index in [1.165, 1.54) is 77.0 Å². The summed E-state index contributed by atoms with van der Waals surface area (Å²) in [5.74, 6) is -0.546. The van der Waals surface area contributed by atoms with E-state index in [4.69, 9.17) is 10.8 Å². The molecule has 1 atom stereocenters. The van der Waals surface area contributed by atoms with E-state index in [1.54, 1.807) is 0 Å². The summed E-state index contributed by atoms with van der Waals surface area (Å²) in [6, 6.07) is 0. The molecule has 132 valence electrons. The molecule has 0 aromatic heterocycles. The van der Waals surface area contributed by atoms with Gasteiger partial charge >= 0.3 is 5.97 Å². The summed E-state index contributed by atoms with van der Waals surface area (Å²) >= 11 is 0. The van der Waals surface area contributed by atoms with Crippen LogP contribution in [0.15, 0.2) is 0 Å². The second-order valence-electron chi connectivity index (χ2n) is 6.73. The van der Waals surface area contributed by atoms with E-state index in [0.29, 0.717) is 6.54 Å². The summed E-state index contributed by atoms with van der Waals surface area (Å²) in [4.78, 5) is 10.6. The highest BCUT2D eigenvalue weighted by Crippen LogP contribution is 2.16. The Morgan fingerprint density at radius 2 is 1.23 bits per heavy atom. The molecular formula is C19H39NO2. The maximum absolute atomic E-state index is 10.6. The molecule has 0 aromatic carbocycles. The molecule has 0 aliphatic heterocycles. The number of nitrogens with two attached hydrogens (primary N) is 1. The van der Waals surface area contributed by atoms with Crippen molar-refractivity contribution in [2.75, 3.05) is 6.54 Å². The van der Waals surface area contributed by atoms with Gasteiger partial charge in [0.2, 0.25) is 0 Å². The Balaban J connectivity index is 3.18. The van der Waals surface area contributed by atoms with Gasteiger partial charge in [0.15, 0.2) is 0 Å². The van der Waals surface area contributed by atoms with Crippen LogP contribution in [0, 0.1) is 5.92 Å². The molecular weight excluding hydrogens is 274 g/mol. The van der Waals surface area contributed by atoms with E-state index >= 15 is 0 Å². The van der Waals surface area contributed by atoms with Gasteiger partial charge in [-0.3, -0.25) is 4.79 Å². The van der Waals surface area contributed by atoms with Crippen molar-refractivity contribution in [1.82, 2.24) is 0 Å². The number of carbonyl (C=O) groups is 1. The second-order valence-corrected chi connectivity index (χ2v) is 6.73. The molecule has 0 rings (SSSR count). The molecule has 0 amide bonds. The zero-order valence-corrected chi connectivity index (χ0v) is 14.8. The van der Waals surface area contributed by atoms with E-state index in [-0.39, 0.29) is 12.3 Å². The van der Waals surface area contributed by atoms with E-state index in [0.717, 1.165) is 12.8 Å². The van der Waals surface area contributed by atoms with Crippen LogP contribution in [0.25, 0.3) is 0 Å². The smallest absolute Gasteiger partial charge is 0.303 e. The molecule has 0 bridgehead atoms. The van der Waals surface area contributed by atoms with Crippen molar-refractivity contribution in [1.29, 1.82) is 0 Å². The van der Waals surface area contributed by atoms with Gasteiger partial charge in [0.25, 0.3) is 0 Å². The first-order valence-corrected chi connectivity index (χ1v) is 9.62. The van der Waals surface area contributed by atoms with Gasteiger partial charge in [-0.15, -0.1) is 0 Å². The Morgan fingerprint density at radius 1 is 0.818 bits per heavy atom. The molecule has 0 fully saturated rings. The normalized spacial score (nSPS) is 12.5. The van der Waals surface area contributed by atoms with Crippen molar-refractivity contribution in [2.45, 2.75) is 103 Å². The third-order valence-electron chi connectivity index (χ3n) is 4.51. The first kappa shape index (κ1) is 21.4. The minimum Gasteiger partial charge on any atom is -0.481 e. The Bertz CT molecular complexity index is 244. The van der Waals surface area contributed by atoms with Crippen LogP contribution in [0.4, 0.5) is 0 Å². The second kappa shape index (κ2) is 16.8. The van der Waals surface area contributed by atoms with Gasteiger partial charge < -0.3 is 10.8 Å². The van der Waals surface area contributed by atoms with Gasteiger partial charge in [-0.2, -0.15) is 0 Å². The minimum absolute atomic E-state index is 0.171. The van der Waals surface area contributed by atoms with Gasteiger partial charge in [-0.1, -0.05) is 90.4 Å². The topological polar surface area (TPSA) is 63.3 Å². The van der Waals surface area contributed by atoms with Gasteiger partial charge in [-0.25, -0.2) is 0 Å². The molecule has 1 unspecified atom stereocenters. The molecule has 0 saturated carbocycles. The minimum atomic E-state index is -0.717. The standard InChI is InChI=1S/C19H39NO2/c1-2-3-4-5-6-7-8-9-10-11-12-13-14-15-18(17-20)16-19(21)22/h18H,2-17,20H2,1H3,(H,21,22). The average Bonchev–Trinajstić information content (AvgIpc) is 2.50.